The molecule has 0 radical (unpaired) electrons. The number of aliphatic hydroxyl groups excluding tert-OH is 1. The Morgan fingerprint density at radius 2 is 1.85 bits per heavy atom. The first kappa shape index (κ1) is 13.9. The Morgan fingerprint density at radius 1 is 1.20 bits per heavy atom. The third-order valence-electron chi connectivity index (χ3n) is 6.13. The largest absolute Gasteiger partial charge is 0.493 e. The zero-order valence-electron chi connectivity index (χ0n) is 13.0. The summed E-state index contributed by atoms with van der Waals surface area (Å²) in [5, 5.41) is 10.7. The van der Waals surface area contributed by atoms with E-state index in [4.69, 9.17) is 4.74 Å². The first-order valence-electron chi connectivity index (χ1n) is 7.75. The molecular formula is C18H26O2. The van der Waals surface area contributed by atoms with Crippen LogP contribution >= 0.6 is 0 Å². The monoisotopic (exact) mass is 274 g/mol. The van der Waals surface area contributed by atoms with Crippen molar-refractivity contribution < 1.29 is 9.84 Å². The lowest BCUT2D eigenvalue weighted by Crippen LogP contribution is -2.22. The maximum Gasteiger partial charge on any atom is 0.122 e. The van der Waals surface area contributed by atoms with Crippen molar-refractivity contribution in [1.82, 2.24) is 0 Å². The summed E-state index contributed by atoms with van der Waals surface area (Å²) >= 11 is 0. The Bertz CT molecular complexity index is 490. The maximum atomic E-state index is 10.7. The van der Waals surface area contributed by atoms with Crippen LogP contribution in [0.4, 0.5) is 0 Å². The van der Waals surface area contributed by atoms with Crippen molar-refractivity contribution in [3.05, 3.63) is 29.8 Å². The van der Waals surface area contributed by atoms with Crippen LogP contribution in [0, 0.1) is 16.7 Å². The summed E-state index contributed by atoms with van der Waals surface area (Å²) in [6, 6.07) is 8.27. The van der Waals surface area contributed by atoms with Gasteiger partial charge < -0.3 is 9.84 Å². The van der Waals surface area contributed by atoms with Gasteiger partial charge in [0.25, 0.3) is 0 Å². The van der Waals surface area contributed by atoms with Gasteiger partial charge in [-0.25, -0.2) is 0 Å². The second-order valence-corrected chi connectivity index (χ2v) is 7.60. The second-order valence-electron chi connectivity index (χ2n) is 7.60. The van der Waals surface area contributed by atoms with Gasteiger partial charge in [0.2, 0.25) is 0 Å². The quantitative estimate of drug-likeness (QED) is 0.903. The van der Waals surface area contributed by atoms with Gasteiger partial charge in [0.05, 0.1) is 12.7 Å². The van der Waals surface area contributed by atoms with Crippen LogP contribution in [-0.2, 0) is 0 Å². The van der Waals surface area contributed by atoms with Crippen LogP contribution < -0.4 is 4.74 Å². The van der Waals surface area contributed by atoms with E-state index in [1.54, 1.807) is 0 Å². The Balaban J connectivity index is 1.74. The number of fused-ring (bicyclic) bond motifs is 1. The van der Waals surface area contributed by atoms with E-state index < -0.39 is 0 Å². The van der Waals surface area contributed by atoms with Gasteiger partial charge in [0.15, 0.2) is 0 Å². The highest BCUT2D eigenvalue weighted by Crippen LogP contribution is 2.70. The lowest BCUT2D eigenvalue weighted by molar-refractivity contribution is 0.104. The average Bonchev–Trinajstić information content (AvgIpc) is 2.80. The van der Waals surface area contributed by atoms with Gasteiger partial charge in [-0.3, -0.25) is 0 Å². The predicted octanol–water partition coefficient (Wildman–Crippen LogP) is 3.99. The molecular weight excluding hydrogens is 248 g/mol. The van der Waals surface area contributed by atoms with Crippen LogP contribution in [0.25, 0.3) is 0 Å². The summed E-state index contributed by atoms with van der Waals surface area (Å²) in [4.78, 5) is 0. The van der Waals surface area contributed by atoms with Crippen LogP contribution in [0.15, 0.2) is 24.3 Å². The van der Waals surface area contributed by atoms with E-state index in [9.17, 15) is 5.11 Å². The minimum absolute atomic E-state index is 0.212. The molecule has 2 unspecified atom stereocenters. The average molecular weight is 274 g/mol. The number of rotatable bonds is 3. The lowest BCUT2D eigenvalue weighted by atomic mass is 9.86. The molecule has 0 bridgehead atoms. The van der Waals surface area contributed by atoms with Crippen LogP contribution in [0.1, 0.15) is 52.0 Å². The van der Waals surface area contributed by atoms with Crippen molar-refractivity contribution in [2.75, 3.05) is 6.61 Å². The molecule has 1 aliphatic heterocycles. The highest BCUT2D eigenvalue weighted by Gasteiger charge is 2.67. The lowest BCUT2D eigenvalue weighted by Gasteiger charge is -2.28. The molecule has 1 aromatic carbocycles. The molecule has 0 amide bonds. The second kappa shape index (κ2) is 4.49. The normalized spacial score (nSPS) is 28.4. The van der Waals surface area contributed by atoms with Crippen molar-refractivity contribution in [3.63, 3.8) is 0 Å². The van der Waals surface area contributed by atoms with E-state index in [2.05, 4.69) is 39.8 Å². The van der Waals surface area contributed by atoms with E-state index in [-0.39, 0.29) is 16.9 Å². The summed E-state index contributed by atoms with van der Waals surface area (Å²) in [7, 11) is 0. The van der Waals surface area contributed by atoms with Crippen LogP contribution in [-0.4, -0.2) is 17.8 Å². The molecule has 3 rings (SSSR count). The molecule has 0 saturated heterocycles. The molecule has 20 heavy (non-hydrogen) atoms. The maximum absolute atomic E-state index is 10.7. The number of hydrogen-bond acceptors (Lipinski definition) is 2. The van der Waals surface area contributed by atoms with E-state index in [0.717, 1.165) is 25.2 Å². The van der Waals surface area contributed by atoms with Crippen molar-refractivity contribution in [2.45, 2.75) is 52.6 Å². The topological polar surface area (TPSA) is 29.5 Å². The minimum Gasteiger partial charge on any atom is -0.493 e. The Hall–Kier alpha value is -1.02. The molecule has 2 nitrogen and oxygen atoms in total. The van der Waals surface area contributed by atoms with Crippen molar-refractivity contribution >= 4 is 0 Å². The summed E-state index contributed by atoms with van der Waals surface area (Å²) in [5.41, 5.74) is 1.77. The molecule has 1 aromatic rings. The predicted molar refractivity (Wildman–Crippen MR) is 81.0 cm³/mol. The number of aliphatic hydroxyl groups is 1. The number of hydrogen-bond donors (Lipinski definition) is 1. The van der Waals surface area contributed by atoms with E-state index >= 15 is 0 Å². The zero-order valence-corrected chi connectivity index (χ0v) is 13.0. The zero-order chi connectivity index (χ0) is 14.5. The van der Waals surface area contributed by atoms with Gasteiger partial charge in [-0.1, -0.05) is 45.9 Å². The van der Waals surface area contributed by atoms with Crippen molar-refractivity contribution in [3.8, 4) is 5.75 Å². The summed E-state index contributed by atoms with van der Waals surface area (Å²) in [6.07, 6.45) is 1.66. The van der Waals surface area contributed by atoms with Crippen LogP contribution in [0.5, 0.6) is 5.75 Å². The number of benzene rings is 1. The molecule has 2 aliphatic rings. The summed E-state index contributed by atoms with van der Waals surface area (Å²) < 4.78 is 5.71. The van der Waals surface area contributed by atoms with Gasteiger partial charge in [-0.15, -0.1) is 0 Å². The van der Waals surface area contributed by atoms with Gasteiger partial charge in [-0.05, 0) is 47.1 Å². The molecule has 1 aliphatic carbocycles. The Kier molecular flexibility index (Phi) is 3.13. The third kappa shape index (κ3) is 1.96. The molecule has 1 N–H and O–H groups in total. The van der Waals surface area contributed by atoms with E-state index in [1.807, 2.05) is 12.1 Å². The first-order valence-corrected chi connectivity index (χ1v) is 7.75. The van der Waals surface area contributed by atoms with Crippen molar-refractivity contribution in [1.29, 1.82) is 0 Å². The molecule has 1 saturated carbocycles. The van der Waals surface area contributed by atoms with Gasteiger partial charge in [-0.2, -0.15) is 0 Å². The molecule has 1 heterocycles. The smallest absolute Gasteiger partial charge is 0.122 e. The van der Waals surface area contributed by atoms with Crippen LogP contribution in [0.3, 0.4) is 0 Å². The fraction of sp³-hybridized carbons (Fsp3) is 0.667. The highest BCUT2D eigenvalue weighted by atomic mass is 16.5. The third-order valence-corrected chi connectivity index (χ3v) is 6.13. The van der Waals surface area contributed by atoms with E-state index in [1.165, 1.54) is 5.56 Å². The highest BCUT2D eigenvalue weighted by molar-refractivity contribution is 5.38. The molecule has 110 valence electrons. The first-order chi connectivity index (χ1) is 9.35. The van der Waals surface area contributed by atoms with E-state index in [0.29, 0.717) is 11.8 Å². The van der Waals surface area contributed by atoms with Crippen LogP contribution in [0.2, 0.25) is 0 Å². The van der Waals surface area contributed by atoms with Gasteiger partial charge >= 0.3 is 0 Å². The Labute approximate surface area is 122 Å². The molecule has 2 atom stereocenters. The van der Waals surface area contributed by atoms with Gasteiger partial charge in [0, 0.05) is 0 Å². The standard InChI is InChI=1S/C18H26O2/c1-17(2)16(18(17,3)4)14(19)11-12-9-10-20-15-8-6-5-7-13(12)15/h5-8,12,14,16,19H,9-11H2,1-4H3. The number of ether oxygens (including phenoxy) is 1. The fourth-order valence-electron chi connectivity index (χ4n) is 4.30. The molecule has 2 heteroatoms. The summed E-state index contributed by atoms with van der Waals surface area (Å²) in [5.74, 6) is 1.84. The Morgan fingerprint density at radius 3 is 2.50 bits per heavy atom. The fourth-order valence-corrected chi connectivity index (χ4v) is 4.30. The van der Waals surface area contributed by atoms with Crippen molar-refractivity contribution in [2.24, 2.45) is 16.7 Å². The molecule has 0 aromatic heterocycles. The summed E-state index contributed by atoms with van der Waals surface area (Å²) in [6.45, 7) is 9.88. The minimum atomic E-state index is -0.212. The molecule has 0 spiro atoms. The number of para-hydroxylation sites is 1. The molecule has 1 fully saturated rings. The SMILES string of the molecule is CC1(C)C(C(O)CC2CCOc3ccccc32)C1(C)C. The van der Waals surface area contributed by atoms with Gasteiger partial charge in [0.1, 0.15) is 5.75 Å².